The van der Waals surface area contributed by atoms with Gasteiger partial charge in [-0.3, -0.25) is 5.43 Å². The third kappa shape index (κ3) is 4.23. The molecule has 1 aromatic heterocycles. The van der Waals surface area contributed by atoms with Gasteiger partial charge in [0.2, 0.25) is 0 Å². The molecule has 0 spiro atoms. The minimum Gasteiger partial charge on any atom is -0.394 e. The Morgan fingerprint density at radius 1 is 1.22 bits per heavy atom. The Balaban J connectivity index is 2.11. The molecule has 0 amide bonds. The summed E-state index contributed by atoms with van der Waals surface area (Å²) in [6.07, 6.45) is -3.31. The van der Waals surface area contributed by atoms with Gasteiger partial charge in [-0.2, -0.15) is 5.10 Å². The first-order valence-electron chi connectivity index (χ1n) is 7.24. The van der Waals surface area contributed by atoms with Crippen molar-refractivity contribution in [3.63, 3.8) is 0 Å². The summed E-state index contributed by atoms with van der Waals surface area (Å²) in [6, 6.07) is 7.82. The molecule has 0 aliphatic rings. The Kier molecular flexibility index (Phi) is 5.62. The van der Waals surface area contributed by atoms with E-state index in [0.29, 0.717) is 5.82 Å². The molecule has 0 unspecified atom stereocenters. The number of fused-ring (bicyclic) bond motifs is 1. The van der Waals surface area contributed by atoms with E-state index in [1.165, 1.54) is 0 Å². The van der Waals surface area contributed by atoms with Crippen LogP contribution in [0.4, 0.5) is 5.82 Å². The molecule has 1 aromatic carbocycles. The molecule has 7 heteroatoms. The van der Waals surface area contributed by atoms with Gasteiger partial charge in [0, 0.05) is 5.39 Å². The molecule has 0 radical (unpaired) electrons. The van der Waals surface area contributed by atoms with Crippen molar-refractivity contribution >= 4 is 22.9 Å². The first-order chi connectivity index (χ1) is 10.9. The van der Waals surface area contributed by atoms with E-state index in [2.05, 4.69) is 15.5 Å². The monoisotopic (exact) mass is 319 g/mol. The fourth-order valence-corrected chi connectivity index (χ4v) is 2.17. The van der Waals surface area contributed by atoms with E-state index >= 15 is 0 Å². The zero-order valence-electron chi connectivity index (χ0n) is 13.0. The molecule has 124 valence electrons. The summed E-state index contributed by atoms with van der Waals surface area (Å²) in [7, 11) is 0. The zero-order valence-corrected chi connectivity index (χ0v) is 13.0. The number of rotatable bonds is 6. The van der Waals surface area contributed by atoms with Crippen LogP contribution in [0, 0.1) is 13.8 Å². The number of hydrazone groups is 1. The van der Waals surface area contributed by atoms with Crippen molar-refractivity contribution in [2.45, 2.75) is 32.2 Å². The average Bonchev–Trinajstić information content (AvgIpc) is 2.52. The van der Waals surface area contributed by atoms with Gasteiger partial charge < -0.3 is 20.4 Å². The van der Waals surface area contributed by atoms with Gasteiger partial charge in [0.1, 0.15) is 24.1 Å². The lowest BCUT2D eigenvalue weighted by Gasteiger charge is -2.18. The van der Waals surface area contributed by atoms with Gasteiger partial charge in [-0.15, -0.1) is 0 Å². The number of hydrogen-bond acceptors (Lipinski definition) is 7. The second-order valence-electron chi connectivity index (χ2n) is 5.47. The van der Waals surface area contributed by atoms with Crippen molar-refractivity contribution in [3.05, 3.63) is 35.4 Å². The number of hydrogen-bond donors (Lipinski definition) is 5. The van der Waals surface area contributed by atoms with E-state index in [-0.39, 0.29) is 0 Å². The fraction of sp³-hybridized carbons (Fsp3) is 0.375. The highest BCUT2D eigenvalue weighted by Gasteiger charge is 2.22. The number of aliphatic hydroxyl groups excluding tert-OH is 4. The summed E-state index contributed by atoms with van der Waals surface area (Å²) < 4.78 is 0. The van der Waals surface area contributed by atoms with Gasteiger partial charge in [-0.25, -0.2) is 4.98 Å². The van der Waals surface area contributed by atoms with Crippen LogP contribution < -0.4 is 5.43 Å². The minimum atomic E-state index is -1.51. The number of aromatic nitrogens is 1. The van der Waals surface area contributed by atoms with Crippen LogP contribution in [-0.2, 0) is 0 Å². The predicted molar refractivity (Wildman–Crippen MR) is 88.4 cm³/mol. The Bertz CT molecular complexity index is 705. The minimum absolute atomic E-state index is 0.501. The fourth-order valence-electron chi connectivity index (χ4n) is 2.17. The van der Waals surface area contributed by atoms with Crippen molar-refractivity contribution in [1.29, 1.82) is 0 Å². The molecular weight excluding hydrogens is 298 g/mol. The number of nitrogens with one attached hydrogen (secondary N) is 1. The van der Waals surface area contributed by atoms with Crippen molar-refractivity contribution in [3.8, 4) is 0 Å². The number of pyridine rings is 1. The second kappa shape index (κ2) is 7.47. The van der Waals surface area contributed by atoms with E-state index in [4.69, 9.17) is 5.11 Å². The highest BCUT2D eigenvalue weighted by Crippen LogP contribution is 2.21. The molecule has 0 saturated carbocycles. The maximum atomic E-state index is 9.63. The van der Waals surface area contributed by atoms with Gasteiger partial charge in [-0.05, 0) is 37.1 Å². The first-order valence-corrected chi connectivity index (χ1v) is 7.24. The second-order valence-corrected chi connectivity index (χ2v) is 5.47. The average molecular weight is 319 g/mol. The quantitative estimate of drug-likeness (QED) is 0.387. The maximum Gasteiger partial charge on any atom is 0.147 e. The van der Waals surface area contributed by atoms with Gasteiger partial charge in [-0.1, -0.05) is 12.1 Å². The molecule has 3 atom stereocenters. The van der Waals surface area contributed by atoms with Gasteiger partial charge >= 0.3 is 0 Å². The number of benzene rings is 1. The highest BCUT2D eigenvalue weighted by molar-refractivity contribution is 5.84. The smallest absolute Gasteiger partial charge is 0.147 e. The predicted octanol–water partition coefficient (Wildman–Crippen LogP) is 0.324. The number of nitrogens with zero attached hydrogens (tertiary/aromatic N) is 2. The lowest BCUT2D eigenvalue weighted by molar-refractivity contribution is -0.0541. The molecule has 2 rings (SSSR count). The van der Waals surface area contributed by atoms with Crippen LogP contribution in [0.2, 0.25) is 0 Å². The topological polar surface area (TPSA) is 118 Å². The van der Waals surface area contributed by atoms with Crippen LogP contribution in [0.25, 0.3) is 10.9 Å². The van der Waals surface area contributed by atoms with Crippen LogP contribution in [0.15, 0.2) is 29.4 Å². The Labute approximate surface area is 133 Å². The molecule has 0 fully saturated rings. The molecule has 0 aliphatic carbocycles. The van der Waals surface area contributed by atoms with Gasteiger partial charge in [0.25, 0.3) is 0 Å². The molecule has 23 heavy (non-hydrogen) atoms. The van der Waals surface area contributed by atoms with E-state index in [9.17, 15) is 15.3 Å². The first kappa shape index (κ1) is 17.3. The molecule has 2 aromatic rings. The summed E-state index contributed by atoms with van der Waals surface area (Å²) in [5.41, 5.74) is 5.65. The Morgan fingerprint density at radius 3 is 2.65 bits per heavy atom. The van der Waals surface area contributed by atoms with E-state index < -0.39 is 24.9 Å². The van der Waals surface area contributed by atoms with E-state index in [1.807, 2.05) is 38.1 Å². The summed E-state index contributed by atoms with van der Waals surface area (Å²) in [5.74, 6) is 0.501. The molecule has 0 aliphatic heterocycles. The van der Waals surface area contributed by atoms with E-state index in [1.54, 1.807) is 0 Å². The number of aryl methyl sites for hydroxylation is 2. The largest absolute Gasteiger partial charge is 0.394 e. The Hall–Kier alpha value is -2.06. The number of aliphatic hydroxyl groups is 4. The lowest BCUT2D eigenvalue weighted by atomic mass is 10.1. The lowest BCUT2D eigenvalue weighted by Crippen LogP contribution is -2.40. The molecular formula is C16H21N3O4. The maximum absolute atomic E-state index is 9.63. The highest BCUT2D eigenvalue weighted by atomic mass is 16.4. The summed E-state index contributed by atoms with van der Waals surface area (Å²) >= 11 is 0. The zero-order chi connectivity index (χ0) is 17.0. The van der Waals surface area contributed by atoms with Gasteiger partial charge in [0.05, 0.1) is 18.3 Å². The van der Waals surface area contributed by atoms with Crippen LogP contribution in [0.1, 0.15) is 11.1 Å². The van der Waals surface area contributed by atoms with Crippen molar-refractivity contribution in [2.75, 3.05) is 12.0 Å². The van der Waals surface area contributed by atoms with Crippen LogP contribution >= 0.6 is 0 Å². The summed E-state index contributed by atoms with van der Waals surface area (Å²) in [4.78, 5) is 4.43. The number of anilines is 1. The Morgan fingerprint density at radius 2 is 1.96 bits per heavy atom. The molecule has 5 N–H and O–H groups in total. The van der Waals surface area contributed by atoms with Crippen molar-refractivity contribution in [1.82, 2.24) is 4.98 Å². The summed E-state index contributed by atoms with van der Waals surface area (Å²) in [5, 5.41) is 42.0. The third-order valence-corrected chi connectivity index (χ3v) is 3.51. The van der Waals surface area contributed by atoms with Crippen LogP contribution in [-0.4, -0.2) is 56.5 Å². The summed E-state index contributed by atoms with van der Waals surface area (Å²) in [6.45, 7) is 3.30. The van der Waals surface area contributed by atoms with Gasteiger partial charge in [0.15, 0.2) is 0 Å². The van der Waals surface area contributed by atoms with E-state index in [0.717, 1.165) is 28.2 Å². The van der Waals surface area contributed by atoms with Crippen molar-refractivity contribution < 1.29 is 20.4 Å². The molecule has 1 heterocycles. The molecule has 0 saturated heterocycles. The van der Waals surface area contributed by atoms with Crippen LogP contribution in [0.5, 0.6) is 0 Å². The van der Waals surface area contributed by atoms with Crippen molar-refractivity contribution in [2.24, 2.45) is 5.10 Å². The SMILES string of the molecule is Cc1ccc2c(C)cc(N/N=C/[C@H](O)[C@H](O)[C@H](O)CO)nc2c1. The third-order valence-electron chi connectivity index (χ3n) is 3.51. The molecule has 0 bridgehead atoms. The standard InChI is InChI=1S/C16H21N3O4/c1-9-3-4-11-10(2)6-15(18-12(11)5-9)19-17-7-13(21)16(23)14(22)8-20/h3-7,13-14,16,20-23H,8H2,1-2H3,(H,18,19)/b17-7+/t13-,14+,16-/m0/s1. The normalized spacial score (nSPS) is 15.7. The molecule has 7 nitrogen and oxygen atoms in total. The van der Waals surface area contributed by atoms with Crippen LogP contribution in [0.3, 0.4) is 0 Å².